The lowest BCUT2D eigenvalue weighted by atomic mass is 10.1. The van der Waals surface area contributed by atoms with Crippen molar-refractivity contribution in [2.75, 3.05) is 12.0 Å². The predicted octanol–water partition coefficient (Wildman–Crippen LogP) is 3.02. The van der Waals surface area contributed by atoms with Gasteiger partial charge < -0.3 is 0 Å². The summed E-state index contributed by atoms with van der Waals surface area (Å²) in [5.74, 6) is 1.71. The fourth-order valence-electron chi connectivity index (χ4n) is 0.570. The van der Waals surface area contributed by atoms with E-state index in [4.69, 9.17) is 0 Å². The lowest BCUT2D eigenvalue weighted by Crippen LogP contribution is -2.06. The molecule has 0 radical (unpaired) electrons. The summed E-state index contributed by atoms with van der Waals surface area (Å²) in [6.45, 7) is 6.52. The molecule has 0 bridgehead atoms. The van der Waals surface area contributed by atoms with Crippen LogP contribution in [0.25, 0.3) is 0 Å². The van der Waals surface area contributed by atoms with Crippen LogP contribution >= 0.6 is 11.8 Å². The van der Waals surface area contributed by atoms with Crippen LogP contribution in [0.1, 0.15) is 20.8 Å². The Hall–Kier alpha value is -0.240. The van der Waals surface area contributed by atoms with Crippen molar-refractivity contribution in [3.63, 3.8) is 0 Å². The second-order valence-corrected chi connectivity index (χ2v) is 4.08. The summed E-state index contributed by atoms with van der Waals surface area (Å²) in [4.78, 5) is 4.37. The van der Waals surface area contributed by atoms with Gasteiger partial charge in [-0.15, -0.1) is 0 Å². The number of nitrogens with zero attached hydrogens (tertiary/aromatic N) is 1. The molecule has 0 amide bonds. The van der Waals surface area contributed by atoms with Gasteiger partial charge in [-0.1, -0.05) is 19.9 Å². The van der Waals surface area contributed by atoms with Gasteiger partial charge in [0, 0.05) is 18.0 Å². The molecule has 0 rings (SSSR count). The summed E-state index contributed by atoms with van der Waals surface area (Å²) in [6.07, 6.45) is 8.15. The molecule has 0 aliphatic heterocycles. The third-order valence-electron chi connectivity index (χ3n) is 1.77. The van der Waals surface area contributed by atoms with Gasteiger partial charge >= 0.3 is 0 Å². The van der Waals surface area contributed by atoms with E-state index in [0.29, 0.717) is 12.0 Å². The maximum atomic E-state index is 4.37. The predicted molar refractivity (Wildman–Crippen MR) is 60.3 cm³/mol. The lowest BCUT2D eigenvalue weighted by molar-refractivity contribution is 0.533. The summed E-state index contributed by atoms with van der Waals surface area (Å²) in [6, 6.07) is 0.434. The first-order chi connectivity index (χ1) is 5.68. The largest absolute Gasteiger partial charge is 0.290 e. The molecule has 0 spiro atoms. The summed E-state index contributed by atoms with van der Waals surface area (Å²) in [7, 11) is 0. The first-order valence-electron chi connectivity index (χ1n) is 4.35. The van der Waals surface area contributed by atoms with E-state index < -0.39 is 0 Å². The van der Waals surface area contributed by atoms with Crippen molar-refractivity contribution in [1.82, 2.24) is 0 Å². The van der Waals surface area contributed by atoms with Gasteiger partial charge in [0.05, 0.1) is 0 Å². The maximum Gasteiger partial charge on any atom is 0.0494 e. The Kier molecular flexibility index (Phi) is 7.26. The first-order valence-corrected chi connectivity index (χ1v) is 5.75. The van der Waals surface area contributed by atoms with E-state index in [1.165, 1.54) is 0 Å². The Bertz CT molecular complexity index is 150. The molecule has 0 N–H and O–H groups in total. The smallest absolute Gasteiger partial charge is 0.0494 e. The van der Waals surface area contributed by atoms with Crippen molar-refractivity contribution in [3.05, 3.63) is 12.2 Å². The zero-order valence-corrected chi connectivity index (χ0v) is 9.27. The molecule has 0 saturated carbocycles. The standard InChI is InChI=1S/C10H19NS/c1-9(2)10(3)11-7-5-6-8-12-4/h5-7,9-10H,8H2,1-4H3/b6-5-,11-7?. The van der Waals surface area contributed by atoms with Crippen molar-refractivity contribution in [1.29, 1.82) is 0 Å². The van der Waals surface area contributed by atoms with Gasteiger partial charge in [0.2, 0.25) is 0 Å². The minimum Gasteiger partial charge on any atom is -0.290 e. The van der Waals surface area contributed by atoms with E-state index in [9.17, 15) is 0 Å². The Morgan fingerprint density at radius 3 is 2.50 bits per heavy atom. The van der Waals surface area contributed by atoms with Crippen LogP contribution in [0, 0.1) is 5.92 Å². The molecule has 0 aromatic rings. The number of hydrogen-bond donors (Lipinski definition) is 0. The SMILES string of the molecule is CSC/C=C\C=NC(C)C(C)C. The van der Waals surface area contributed by atoms with Crippen LogP contribution in [0.2, 0.25) is 0 Å². The van der Waals surface area contributed by atoms with Crippen LogP contribution in [0.5, 0.6) is 0 Å². The van der Waals surface area contributed by atoms with Gasteiger partial charge in [0.15, 0.2) is 0 Å². The molecule has 0 heterocycles. The average molecular weight is 185 g/mol. The summed E-state index contributed by atoms with van der Waals surface area (Å²) >= 11 is 1.82. The third-order valence-corrected chi connectivity index (χ3v) is 2.30. The summed E-state index contributed by atoms with van der Waals surface area (Å²) in [5.41, 5.74) is 0. The highest BCUT2D eigenvalue weighted by Crippen LogP contribution is 2.03. The number of allylic oxidation sites excluding steroid dienone is 1. The molecule has 12 heavy (non-hydrogen) atoms. The van der Waals surface area contributed by atoms with Gasteiger partial charge in [0.25, 0.3) is 0 Å². The van der Waals surface area contributed by atoms with Crippen molar-refractivity contribution in [3.8, 4) is 0 Å². The molecule has 0 aliphatic rings. The molecule has 1 unspecified atom stereocenters. The second kappa shape index (κ2) is 7.41. The highest BCUT2D eigenvalue weighted by molar-refractivity contribution is 7.98. The van der Waals surface area contributed by atoms with Crippen LogP contribution < -0.4 is 0 Å². The van der Waals surface area contributed by atoms with Crippen molar-refractivity contribution >= 4 is 18.0 Å². The van der Waals surface area contributed by atoms with Gasteiger partial charge in [-0.2, -0.15) is 11.8 Å². The van der Waals surface area contributed by atoms with Crippen molar-refractivity contribution < 1.29 is 0 Å². The van der Waals surface area contributed by atoms with Crippen LogP contribution in [0.4, 0.5) is 0 Å². The average Bonchev–Trinajstić information content (AvgIpc) is 2.03. The van der Waals surface area contributed by atoms with E-state index in [2.05, 4.69) is 38.1 Å². The zero-order valence-electron chi connectivity index (χ0n) is 8.45. The molecule has 0 aromatic carbocycles. The molecule has 2 heteroatoms. The Morgan fingerprint density at radius 1 is 1.33 bits per heavy atom. The topological polar surface area (TPSA) is 12.4 Å². The van der Waals surface area contributed by atoms with Gasteiger partial charge in [-0.05, 0) is 25.2 Å². The monoisotopic (exact) mass is 185 g/mol. The molecular formula is C10H19NS. The molecule has 0 saturated heterocycles. The quantitative estimate of drug-likeness (QED) is 0.600. The molecule has 0 aliphatic carbocycles. The Labute approximate surface area is 80.4 Å². The van der Waals surface area contributed by atoms with Crippen LogP contribution in [-0.4, -0.2) is 24.3 Å². The molecule has 1 atom stereocenters. The minimum absolute atomic E-state index is 0.434. The number of hydrogen-bond acceptors (Lipinski definition) is 2. The fraction of sp³-hybridized carbons (Fsp3) is 0.700. The Morgan fingerprint density at radius 2 is 2.00 bits per heavy atom. The highest BCUT2D eigenvalue weighted by atomic mass is 32.2. The van der Waals surface area contributed by atoms with Crippen molar-refractivity contribution in [2.24, 2.45) is 10.9 Å². The minimum atomic E-state index is 0.434. The van der Waals surface area contributed by atoms with E-state index in [0.717, 1.165) is 5.75 Å². The van der Waals surface area contributed by atoms with Crippen LogP contribution in [0.15, 0.2) is 17.1 Å². The second-order valence-electron chi connectivity index (χ2n) is 3.17. The molecule has 1 nitrogen and oxygen atoms in total. The van der Waals surface area contributed by atoms with E-state index >= 15 is 0 Å². The molecule has 0 fully saturated rings. The van der Waals surface area contributed by atoms with E-state index in [1.807, 2.05) is 24.1 Å². The lowest BCUT2D eigenvalue weighted by Gasteiger charge is -2.08. The van der Waals surface area contributed by atoms with Gasteiger partial charge in [0.1, 0.15) is 0 Å². The van der Waals surface area contributed by atoms with Gasteiger partial charge in [-0.25, -0.2) is 0 Å². The number of thioether (sulfide) groups is 1. The summed E-state index contributed by atoms with van der Waals surface area (Å²) in [5, 5.41) is 0. The molecule has 0 aromatic heterocycles. The van der Waals surface area contributed by atoms with E-state index in [-0.39, 0.29) is 0 Å². The highest BCUT2D eigenvalue weighted by Gasteiger charge is 2.01. The molecule has 70 valence electrons. The van der Waals surface area contributed by atoms with Crippen molar-refractivity contribution in [2.45, 2.75) is 26.8 Å². The molecular weight excluding hydrogens is 166 g/mol. The third kappa shape index (κ3) is 6.47. The summed E-state index contributed by atoms with van der Waals surface area (Å²) < 4.78 is 0. The number of rotatable bonds is 5. The van der Waals surface area contributed by atoms with E-state index in [1.54, 1.807) is 0 Å². The number of aliphatic imine (C=N–C) groups is 1. The van der Waals surface area contributed by atoms with Crippen LogP contribution in [-0.2, 0) is 0 Å². The first kappa shape index (κ1) is 11.8. The zero-order chi connectivity index (χ0) is 9.40. The fourth-order valence-corrected chi connectivity index (χ4v) is 0.874. The normalized spacial score (nSPS) is 15.1. The maximum absolute atomic E-state index is 4.37. The van der Waals surface area contributed by atoms with Gasteiger partial charge in [-0.3, -0.25) is 4.99 Å². The van der Waals surface area contributed by atoms with Crippen LogP contribution in [0.3, 0.4) is 0 Å². The Balaban J connectivity index is 3.60.